The Balaban J connectivity index is 1.68. The van der Waals surface area contributed by atoms with Gasteiger partial charge in [0.25, 0.3) is 11.8 Å². The number of nitrogens with one attached hydrogen (secondary N) is 2. The fraction of sp³-hybridized carbons (Fsp3) is 0.450. The molecule has 5 amide bonds. The molecule has 2 aliphatic heterocycles. The third kappa shape index (κ3) is 4.28. The Kier molecular flexibility index (Phi) is 6.26. The van der Waals surface area contributed by atoms with Gasteiger partial charge in [-0.15, -0.1) is 0 Å². The number of benzene rings is 1. The number of nitrogens with zero attached hydrogens (tertiary/aromatic N) is 1. The summed E-state index contributed by atoms with van der Waals surface area (Å²) in [6.07, 6.45) is 1.77. The maximum absolute atomic E-state index is 12.9. The van der Waals surface area contributed by atoms with E-state index < -0.39 is 29.7 Å². The van der Waals surface area contributed by atoms with Gasteiger partial charge in [0.1, 0.15) is 11.8 Å². The summed E-state index contributed by atoms with van der Waals surface area (Å²) in [5.41, 5.74) is 0.274. The third-order valence-corrected chi connectivity index (χ3v) is 4.81. The fourth-order valence-electron chi connectivity index (χ4n) is 3.37. The van der Waals surface area contributed by atoms with Crippen LogP contribution in [0.5, 0.6) is 5.75 Å². The first-order valence-electron chi connectivity index (χ1n) is 9.68. The number of carbonyl (C=O) groups excluding carboxylic acids is 5. The summed E-state index contributed by atoms with van der Waals surface area (Å²) in [6.45, 7) is 2.80. The summed E-state index contributed by atoms with van der Waals surface area (Å²) in [5.74, 6) is -2.10. The van der Waals surface area contributed by atoms with E-state index in [9.17, 15) is 24.0 Å². The van der Waals surface area contributed by atoms with Gasteiger partial charge in [0.2, 0.25) is 17.7 Å². The first-order chi connectivity index (χ1) is 13.9. The van der Waals surface area contributed by atoms with Crippen molar-refractivity contribution < 1.29 is 28.7 Å². The lowest BCUT2D eigenvalue weighted by Gasteiger charge is -2.27. The van der Waals surface area contributed by atoms with Crippen LogP contribution in [0.25, 0.3) is 0 Å². The molecule has 3 rings (SSSR count). The number of imide groups is 2. The molecular weight excluding hydrogens is 378 g/mol. The number of amides is 5. The van der Waals surface area contributed by atoms with Crippen molar-refractivity contribution in [3.05, 3.63) is 29.3 Å². The molecule has 1 saturated heterocycles. The predicted molar refractivity (Wildman–Crippen MR) is 101 cm³/mol. The summed E-state index contributed by atoms with van der Waals surface area (Å²) in [5, 5.41) is 4.94. The van der Waals surface area contributed by atoms with Gasteiger partial charge in [-0.2, -0.15) is 0 Å². The molecule has 0 saturated carbocycles. The summed E-state index contributed by atoms with van der Waals surface area (Å²) in [6, 6.07) is 3.67. The average molecular weight is 401 g/mol. The highest BCUT2D eigenvalue weighted by atomic mass is 16.5. The Bertz CT molecular complexity index is 866. The highest BCUT2D eigenvalue weighted by molar-refractivity contribution is 6.24. The second kappa shape index (κ2) is 8.85. The number of piperidine rings is 1. The van der Waals surface area contributed by atoms with Crippen LogP contribution in [0.15, 0.2) is 18.2 Å². The van der Waals surface area contributed by atoms with Crippen molar-refractivity contribution in [3.63, 3.8) is 0 Å². The molecule has 154 valence electrons. The molecule has 1 atom stereocenters. The largest absolute Gasteiger partial charge is 0.493 e. The first kappa shape index (κ1) is 20.5. The SMILES string of the molecule is CCCNC(=O)CCCOc1cccc2c1C(=O)N(C1CCC(=O)NC1=O)C2=O. The summed E-state index contributed by atoms with van der Waals surface area (Å²) >= 11 is 0. The number of fused-ring (bicyclic) bond motifs is 1. The van der Waals surface area contributed by atoms with Crippen LogP contribution in [0.3, 0.4) is 0 Å². The predicted octanol–water partition coefficient (Wildman–Crippen LogP) is 0.773. The van der Waals surface area contributed by atoms with Crippen LogP contribution in [0, 0.1) is 0 Å². The molecule has 29 heavy (non-hydrogen) atoms. The summed E-state index contributed by atoms with van der Waals surface area (Å²) in [7, 11) is 0. The normalized spacial score (nSPS) is 18.5. The van der Waals surface area contributed by atoms with Gasteiger partial charge >= 0.3 is 0 Å². The molecule has 0 radical (unpaired) electrons. The smallest absolute Gasteiger partial charge is 0.266 e. The molecule has 0 aliphatic carbocycles. The number of hydrogen-bond donors (Lipinski definition) is 2. The number of hydrogen-bond acceptors (Lipinski definition) is 6. The molecule has 1 aromatic rings. The van der Waals surface area contributed by atoms with Gasteiger partial charge in [-0.25, -0.2) is 0 Å². The van der Waals surface area contributed by atoms with Crippen LogP contribution in [-0.2, 0) is 14.4 Å². The van der Waals surface area contributed by atoms with Crippen LogP contribution in [0.2, 0.25) is 0 Å². The van der Waals surface area contributed by atoms with Crippen LogP contribution in [-0.4, -0.2) is 53.6 Å². The molecule has 0 aromatic heterocycles. The molecule has 0 bridgehead atoms. The first-order valence-corrected chi connectivity index (χ1v) is 9.68. The zero-order valence-electron chi connectivity index (χ0n) is 16.2. The number of ether oxygens (including phenoxy) is 1. The van der Waals surface area contributed by atoms with Crippen LogP contribution in [0.1, 0.15) is 59.7 Å². The zero-order valence-corrected chi connectivity index (χ0v) is 16.2. The molecule has 2 N–H and O–H groups in total. The van der Waals surface area contributed by atoms with Crippen molar-refractivity contribution in [1.29, 1.82) is 0 Å². The topological polar surface area (TPSA) is 122 Å². The standard InChI is InChI=1S/C20H23N3O6/c1-2-10-21-15(24)7-4-11-29-14-6-3-5-12-17(14)20(28)23(19(12)27)13-8-9-16(25)22-18(13)26/h3,5-6,13H,2,4,7-11H2,1H3,(H,21,24)(H,22,25,26). The molecule has 1 fully saturated rings. The van der Waals surface area contributed by atoms with E-state index in [1.807, 2.05) is 6.92 Å². The van der Waals surface area contributed by atoms with Crippen molar-refractivity contribution >= 4 is 29.5 Å². The van der Waals surface area contributed by atoms with Gasteiger partial charge in [0.05, 0.1) is 17.7 Å². The summed E-state index contributed by atoms with van der Waals surface area (Å²) < 4.78 is 5.67. The van der Waals surface area contributed by atoms with Gasteiger partial charge in [0.15, 0.2) is 0 Å². The minimum absolute atomic E-state index is 0.0628. The van der Waals surface area contributed by atoms with Crippen molar-refractivity contribution in [2.75, 3.05) is 13.2 Å². The summed E-state index contributed by atoms with van der Waals surface area (Å²) in [4.78, 5) is 61.7. The fourth-order valence-corrected chi connectivity index (χ4v) is 3.37. The second-order valence-electron chi connectivity index (χ2n) is 6.93. The van der Waals surface area contributed by atoms with Crippen molar-refractivity contribution in [1.82, 2.24) is 15.5 Å². The lowest BCUT2D eigenvalue weighted by Crippen LogP contribution is -2.54. The monoisotopic (exact) mass is 401 g/mol. The maximum Gasteiger partial charge on any atom is 0.266 e. The van der Waals surface area contributed by atoms with E-state index in [4.69, 9.17) is 4.74 Å². The Morgan fingerprint density at radius 3 is 2.76 bits per heavy atom. The van der Waals surface area contributed by atoms with Gasteiger partial charge < -0.3 is 10.1 Å². The van der Waals surface area contributed by atoms with Crippen LogP contribution in [0.4, 0.5) is 0 Å². The second-order valence-corrected chi connectivity index (χ2v) is 6.93. The van der Waals surface area contributed by atoms with Crippen molar-refractivity contribution in [2.45, 2.75) is 45.1 Å². The van der Waals surface area contributed by atoms with Gasteiger partial charge in [-0.05, 0) is 31.4 Å². The maximum atomic E-state index is 12.9. The Morgan fingerprint density at radius 1 is 1.24 bits per heavy atom. The highest BCUT2D eigenvalue weighted by Gasteiger charge is 2.45. The lowest BCUT2D eigenvalue weighted by molar-refractivity contribution is -0.136. The van der Waals surface area contributed by atoms with Crippen LogP contribution < -0.4 is 15.4 Å². The van der Waals surface area contributed by atoms with E-state index in [-0.39, 0.29) is 42.2 Å². The van der Waals surface area contributed by atoms with Gasteiger partial charge in [0, 0.05) is 19.4 Å². The molecule has 2 heterocycles. The van der Waals surface area contributed by atoms with E-state index in [2.05, 4.69) is 10.6 Å². The number of carbonyl (C=O) groups is 5. The van der Waals surface area contributed by atoms with E-state index in [0.717, 1.165) is 11.3 Å². The lowest BCUT2D eigenvalue weighted by atomic mass is 10.0. The minimum atomic E-state index is -1.02. The number of rotatable bonds is 8. The third-order valence-electron chi connectivity index (χ3n) is 4.81. The molecule has 9 heteroatoms. The van der Waals surface area contributed by atoms with E-state index in [1.54, 1.807) is 12.1 Å². The Hall–Kier alpha value is -3.23. The van der Waals surface area contributed by atoms with Crippen LogP contribution >= 0.6 is 0 Å². The molecule has 9 nitrogen and oxygen atoms in total. The molecule has 0 spiro atoms. The quantitative estimate of drug-likeness (QED) is 0.490. The van der Waals surface area contributed by atoms with Crippen molar-refractivity contribution in [3.8, 4) is 5.75 Å². The van der Waals surface area contributed by atoms with E-state index in [0.29, 0.717) is 19.4 Å². The van der Waals surface area contributed by atoms with Gasteiger partial charge in [-0.3, -0.25) is 34.2 Å². The van der Waals surface area contributed by atoms with E-state index in [1.165, 1.54) is 6.07 Å². The van der Waals surface area contributed by atoms with Gasteiger partial charge in [-0.1, -0.05) is 13.0 Å². The highest BCUT2D eigenvalue weighted by Crippen LogP contribution is 2.33. The molecule has 1 unspecified atom stereocenters. The Labute approximate surface area is 167 Å². The van der Waals surface area contributed by atoms with E-state index >= 15 is 0 Å². The minimum Gasteiger partial charge on any atom is -0.493 e. The average Bonchev–Trinajstić information content (AvgIpc) is 2.95. The molecule has 2 aliphatic rings. The molecule has 1 aromatic carbocycles. The van der Waals surface area contributed by atoms with Crippen molar-refractivity contribution in [2.24, 2.45) is 0 Å². The zero-order chi connectivity index (χ0) is 21.0. The molecular formula is C20H23N3O6. The Morgan fingerprint density at radius 2 is 2.03 bits per heavy atom.